The highest BCUT2D eigenvalue weighted by Gasteiger charge is 2.33. The van der Waals surface area contributed by atoms with Crippen LogP contribution in [-0.4, -0.2) is 33.6 Å². The Morgan fingerprint density at radius 2 is 2.40 bits per heavy atom. The van der Waals surface area contributed by atoms with E-state index in [4.69, 9.17) is 5.73 Å². The highest BCUT2D eigenvalue weighted by molar-refractivity contribution is 5.08. The lowest BCUT2D eigenvalue weighted by Crippen LogP contribution is -2.36. The van der Waals surface area contributed by atoms with Gasteiger partial charge in [0.1, 0.15) is 0 Å². The second-order valence-corrected chi connectivity index (χ2v) is 4.24. The lowest BCUT2D eigenvalue weighted by atomic mass is 10.1. The van der Waals surface area contributed by atoms with Crippen LogP contribution in [0, 0.1) is 0 Å². The van der Waals surface area contributed by atoms with Crippen LogP contribution in [0.25, 0.3) is 0 Å². The van der Waals surface area contributed by atoms with Gasteiger partial charge >= 0.3 is 0 Å². The molecule has 4 heteroatoms. The van der Waals surface area contributed by atoms with E-state index in [9.17, 15) is 0 Å². The fourth-order valence-corrected chi connectivity index (χ4v) is 2.25. The summed E-state index contributed by atoms with van der Waals surface area (Å²) in [6, 6.07) is 1.08. The van der Waals surface area contributed by atoms with E-state index in [2.05, 4.69) is 21.4 Å². The predicted octanol–water partition coefficient (Wildman–Crippen LogP) is 0.904. The molecule has 1 aromatic heterocycles. The second kappa shape index (κ2) is 4.33. The number of imidazole rings is 1. The van der Waals surface area contributed by atoms with Gasteiger partial charge < -0.3 is 10.3 Å². The molecule has 0 saturated heterocycles. The molecule has 0 aromatic carbocycles. The molecule has 1 fully saturated rings. The van der Waals surface area contributed by atoms with Crippen molar-refractivity contribution in [2.45, 2.75) is 31.8 Å². The van der Waals surface area contributed by atoms with E-state index >= 15 is 0 Å². The van der Waals surface area contributed by atoms with Crippen LogP contribution in [0.2, 0.25) is 0 Å². The lowest BCUT2D eigenvalue weighted by molar-refractivity contribution is 0.195. The van der Waals surface area contributed by atoms with Gasteiger partial charge in [-0.2, -0.15) is 0 Å². The van der Waals surface area contributed by atoms with E-state index in [-0.39, 0.29) is 0 Å². The zero-order chi connectivity index (χ0) is 10.8. The van der Waals surface area contributed by atoms with Gasteiger partial charge in [-0.05, 0) is 19.4 Å². The van der Waals surface area contributed by atoms with E-state index < -0.39 is 0 Å². The van der Waals surface area contributed by atoms with Crippen LogP contribution in [0.15, 0.2) is 12.5 Å². The van der Waals surface area contributed by atoms with E-state index in [0.29, 0.717) is 12.6 Å². The summed E-state index contributed by atoms with van der Waals surface area (Å²) in [5.41, 5.74) is 7.12. The van der Waals surface area contributed by atoms with Crippen LogP contribution in [0.5, 0.6) is 0 Å². The summed E-state index contributed by atoms with van der Waals surface area (Å²) in [5, 5.41) is 0. The summed E-state index contributed by atoms with van der Waals surface area (Å²) < 4.78 is 2.07. The Kier molecular flexibility index (Phi) is 3.07. The average Bonchev–Trinajstić information content (AvgIpc) is 2.99. The molecule has 1 unspecified atom stereocenters. The van der Waals surface area contributed by atoms with Crippen LogP contribution < -0.4 is 5.73 Å². The van der Waals surface area contributed by atoms with Crippen molar-refractivity contribution in [2.24, 2.45) is 12.8 Å². The molecule has 1 aliphatic rings. The van der Waals surface area contributed by atoms with Crippen LogP contribution in [0.1, 0.15) is 31.5 Å². The van der Waals surface area contributed by atoms with Crippen molar-refractivity contribution >= 4 is 0 Å². The summed E-state index contributed by atoms with van der Waals surface area (Å²) in [6.45, 7) is 3.94. The Morgan fingerprint density at radius 3 is 2.80 bits per heavy atom. The van der Waals surface area contributed by atoms with Gasteiger partial charge in [-0.1, -0.05) is 6.92 Å². The van der Waals surface area contributed by atoms with E-state index in [1.807, 2.05) is 19.6 Å². The Morgan fingerprint density at radius 1 is 1.67 bits per heavy atom. The van der Waals surface area contributed by atoms with Crippen LogP contribution in [-0.2, 0) is 7.05 Å². The molecule has 1 heterocycles. The first-order valence-electron chi connectivity index (χ1n) is 5.70. The number of hydrogen-bond donors (Lipinski definition) is 1. The third-order valence-corrected chi connectivity index (χ3v) is 3.20. The number of hydrogen-bond acceptors (Lipinski definition) is 3. The molecule has 1 saturated carbocycles. The van der Waals surface area contributed by atoms with E-state index in [1.54, 1.807) is 0 Å². The summed E-state index contributed by atoms with van der Waals surface area (Å²) in [6.07, 6.45) is 6.42. The number of nitrogens with two attached hydrogens (primary N) is 1. The van der Waals surface area contributed by atoms with Crippen LogP contribution in [0.3, 0.4) is 0 Å². The normalized spacial score (nSPS) is 18.4. The maximum Gasteiger partial charge on any atom is 0.0946 e. The Bertz CT molecular complexity index is 316. The first-order valence-corrected chi connectivity index (χ1v) is 5.70. The van der Waals surface area contributed by atoms with Gasteiger partial charge in [0.25, 0.3) is 0 Å². The van der Waals surface area contributed by atoms with Crippen molar-refractivity contribution in [1.29, 1.82) is 0 Å². The van der Waals surface area contributed by atoms with E-state index in [1.165, 1.54) is 18.5 Å². The largest absolute Gasteiger partial charge is 0.336 e. The number of nitrogens with zero attached hydrogens (tertiary/aromatic N) is 3. The molecule has 0 aliphatic heterocycles. The summed E-state index contributed by atoms with van der Waals surface area (Å²) in [4.78, 5) is 6.66. The van der Waals surface area contributed by atoms with Gasteiger partial charge in [0, 0.05) is 25.8 Å². The van der Waals surface area contributed by atoms with Gasteiger partial charge in [0.15, 0.2) is 0 Å². The molecule has 1 atom stereocenters. The lowest BCUT2D eigenvalue weighted by Gasteiger charge is -2.29. The summed E-state index contributed by atoms with van der Waals surface area (Å²) in [7, 11) is 2.03. The van der Waals surface area contributed by atoms with Gasteiger partial charge in [-0.3, -0.25) is 4.90 Å². The molecule has 4 nitrogen and oxygen atoms in total. The summed E-state index contributed by atoms with van der Waals surface area (Å²) >= 11 is 0. The smallest absolute Gasteiger partial charge is 0.0946 e. The second-order valence-electron chi connectivity index (χ2n) is 4.24. The fourth-order valence-electron chi connectivity index (χ4n) is 2.25. The van der Waals surface area contributed by atoms with Crippen molar-refractivity contribution in [1.82, 2.24) is 14.5 Å². The minimum atomic E-state index is 0.329. The monoisotopic (exact) mass is 208 g/mol. The zero-order valence-corrected chi connectivity index (χ0v) is 9.56. The van der Waals surface area contributed by atoms with E-state index in [0.717, 1.165) is 12.6 Å². The van der Waals surface area contributed by atoms with Crippen molar-refractivity contribution in [3.63, 3.8) is 0 Å². The van der Waals surface area contributed by atoms with Crippen LogP contribution >= 0.6 is 0 Å². The molecular formula is C11H20N4. The van der Waals surface area contributed by atoms with Crippen molar-refractivity contribution in [3.05, 3.63) is 18.2 Å². The molecular weight excluding hydrogens is 188 g/mol. The van der Waals surface area contributed by atoms with Crippen molar-refractivity contribution < 1.29 is 0 Å². The number of aryl methyl sites for hydroxylation is 1. The van der Waals surface area contributed by atoms with Crippen molar-refractivity contribution in [2.75, 3.05) is 13.1 Å². The molecule has 0 amide bonds. The maximum absolute atomic E-state index is 5.89. The van der Waals surface area contributed by atoms with Gasteiger partial charge in [0.2, 0.25) is 0 Å². The number of likely N-dealkylation sites (N-methyl/N-ethyl adjacent to an activating group) is 1. The Balaban J connectivity index is 2.18. The number of rotatable bonds is 5. The predicted molar refractivity (Wildman–Crippen MR) is 60.4 cm³/mol. The zero-order valence-electron chi connectivity index (χ0n) is 9.56. The molecule has 0 radical (unpaired) electrons. The highest BCUT2D eigenvalue weighted by Crippen LogP contribution is 2.33. The third-order valence-electron chi connectivity index (χ3n) is 3.20. The third kappa shape index (κ3) is 2.06. The molecule has 15 heavy (non-hydrogen) atoms. The van der Waals surface area contributed by atoms with Gasteiger partial charge in [-0.15, -0.1) is 0 Å². The summed E-state index contributed by atoms with van der Waals surface area (Å²) in [5.74, 6) is 0. The molecule has 84 valence electrons. The average molecular weight is 208 g/mol. The standard InChI is InChI=1S/C11H20N4/c1-3-15(9-4-5-9)10(6-12)11-7-13-8-14(11)2/h7-10H,3-6,12H2,1-2H3. The Labute approximate surface area is 91.1 Å². The Hall–Kier alpha value is -0.870. The quantitative estimate of drug-likeness (QED) is 0.782. The molecule has 0 bridgehead atoms. The molecule has 1 aliphatic carbocycles. The SMILES string of the molecule is CCN(C1CC1)C(CN)c1cncn1C. The first-order chi connectivity index (χ1) is 7.27. The maximum atomic E-state index is 5.89. The molecule has 0 spiro atoms. The topological polar surface area (TPSA) is 47.1 Å². The highest BCUT2D eigenvalue weighted by atomic mass is 15.2. The minimum Gasteiger partial charge on any atom is -0.336 e. The van der Waals surface area contributed by atoms with Gasteiger partial charge in [-0.25, -0.2) is 4.98 Å². The fraction of sp³-hybridized carbons (Fsp3) is 0.727. The number of aromatic nitrogens is 2. The van der Waals surface area contributed by atoms with Crippen molar-refractivity contribution in [3.8, 4) is 0 Å². The minimum absolute atomic E-state index is 0.329. The molecule has 2 N–H and O–H groups in total. The first kappa shape index (κ1) is 10.6. The molecule has 2 rings (SSSR count). The van der Waals surface area contributed by atoms with Crippen LogP contribution in [0.4, 0.5) is 0 Å². The molecule has 1 aromatic rings. The van der Waals surface area contributed by atoms with Gasteiger partial charge in [0.05, 0.1) is 18.1 Å².